The van der Waals surface area contributed by atoms with Crippen molar-refractivity contribution in [2.75, 3.05) is 20.2 Å². The number of nitrogens with one attached hydrogen (secondary N) is 1. The first-order valence-electron chi connectivity index (χ1n) is 8.10. The maximum absolute atomic E-state index is 12.3. The Hall–Kier alpha value is -0.610. The van der Waals surface area contributed by atoms with Crippen LogP contribution in [0, 0.1) is 0 Å². The summed E-state index contributed by atoms with van der Waals surface area (Å²) in [5.74, 6) is -0.0933. The van der Waals surface area contributed by atoms with Crippen LogP contribution in [-0.2, 0) is 9.53 Å². The van der Waals surface area contributed by atoms with Crippen LogP contribution < -0.4 is 5.32 Å². The van der Waals surface area contributed by atoms with Gasteiger partial charge < -0.3 is 10.1 Å². The highest BCUT2D eigenvalue weighted by Gasteiger charge is 2.44. The Morgan fingerprint density at radius 2 is 2.15 bits per heavy atom. The van der Waals surface area contributed by atoms with E-state index in [0.717, 1.165) is 38.8 Å². The van der Waals surface area contributed by atoms with Crippen LogP contribution in [0.1, 0.15) is 59.8 Å². The van der Waals surface area contributed by atoms with Gasteiger partial charge in [0.15, 0.2) is 0 Å². The van der Waals surface area contributed by atoms with Crippen LogP contribution in [0.3, 0.4) is 0 Å². The largest absolute Gasteiger partial charge is 0.468 e. The Bertz CT molecular complexity index is 303. The van der Waals surface area contributed by atoms with Crippen molar-refractivity contribution >= 4 is 5.97 Å². The number of hydrogen-bond donors (Lipinski definition) is 1. The highest BCUT2D eigenvalue weighted by molar-refractivity contribution is 5.81. The molecule has 0 aliphatic heterocycles. The molecule has 4 nitrogen and oxygen atoms in total. The van der Waals surface area contributed by atoms with Gasteiger partial charge in [-0.2, -0.15) is 0 Å². The molecule has 0 saturated heterocycles. The molecule has 2 unspecified atom stereocenters. The fraction of sp³-hybridized carbons (Fsp3) is 0.938. The Balaban J connectivity index is 2.88. The van der Waals surface area contributed by atoms with E-state index in [1.165, 1.54) is 13.5 Å². The van der Waals surface area contributed by atoms with Crippen molar-refractivity contribution in [2.45, 2.75) is 77.4 Å². The average molecular weight is 284 g/mol. The van der Waals surface area contributed by atoms with Gasteiger partial charge in [-0.25, -0.2) is 0 Å². The van der Waals surface area contributed by atoms with Crippen LogP contribution in [0.25, 0.3) is 0 Å². The smallest absolute Gasteiger partial charge is 0.326 e. The van der Waals surface area contributed by atoms with Crippen molar-refractivity contribution in [2.24, 2.45) is 0 Å². The molecule has 1 fully saturated rings. The lowest BCUT2D eigenvalue weighted by atomic mass is 9.78. The van der Waals surface area contributed by atoms with Crippen molar-refractivity contribution in [3.63, 3.8) is 0 Å². The predicted octanol–water partition coefficient (Wildman–Crippen LogP) is 2.57. The van der Waals surface area contributed by atoms with Gasteiger partial charge in [-0.3, -0.25) is 9.69 Å². The van der Waals surface area contributed by atoms with Crippen molar-refractivity contribution in [3.05, 3.63) is 0 Å². The Morgan fingerprint density at radius 3 is 2.65 bits per heavy atom. The van der Waals surface area contributed by atoms with Crippen molar-refractivity contribution in [1.82, 2.24) is 10.2 Å². The molecule has 20 heavy (non-hydrogen) atoms. The summed E-state index contributed by atoms with van der Waals surface area (Å²) < 4.78 is 5.07. The van der Waals surface area contributed by atoms with E-state index in [1.807, 2.05) is 0 Å². The topological polar surface area (TPSA) is 41.6 Å². The van der Waals surface area contributed by atoms with Gasteiger partial charge in [0.25, 0.3) is 0 Å². The number of hydrogen-bond acceptors (Lipinski definition) is 4. The summed E-state index contributed by atoms with van der Waals surface area (Å²) >= 11 is 0. The van der Waals surface area contributed by atoms with Gasteiger partial charge in [0, 0.05) is 12.1 Å². The molecule has 2 atom stereocenters. The second-order valence-electron chi connectivity index (χ2n) is 6.19. The van der Waals surface area contributed by atoms with E-state index in [0.29, 0.717) is 12.1 Å². The number of likely N-dealkylation sites (N-methyl/N-ethyl adjacent to an activating group) is 1. The fourth-order valence-corrected chi connectivity index (χ4v) is 3.60. The lowest BCUT2D eigenvalue weighted by molar-refractivity contribution is -0.151. The number of rotatable bonds is 7. The number of carbonyl (C=O) groups is 1. The van der Waals surface area contributed by atoms with E-state index < -0.39 is 5.54 Å². The minimum atomic E-state index is -0.479. The minimum Gasteiger partial charge on any atom is -0.468 e. The molecule has 1 rings (SSSR count). The maximum Gasteiger partial charge on any atom is 0.326 e. The summed E-state index contributed by atoms with van der Waals surface area (Å²) in [5, 5.41) is 3.41. The molecule has 0 heterocycles. The molecular weight excluding hydrogens is 252 g/mol. The van der Waals surface area contributed by atoms with Crippen molar-refractivity contribution < 1.29 is 9.53 Å². The van der Waals surface area contributed by atoms with E-state index >= 15 is 0 Å². The standard InChI is InChI=1S/C16H32N2O2/c1-6-11-18(13(3)4)14-9-8-10-16(12-14,17-7-2)15(19)20-5/h13-14,17H,6-12H2,1-5H3. The highest BCUT2D eigenvalue weighted by atomic mass is 16.5. The fourth-order valence-electron chi connectivity index (χ4n) is 3.60. The van der Waals surface area contributed by atoms with Crippen molar-refractivity contribution in [1.29, 1.82) is 0 Å². The third-order valence-electron chi connectivity index (χ3n) is 4.43. The molecule has 0 radical (unpaired) electrons. The molecule has 1 aliphatic carbocycles. The summed E-state index contributed by atoms with van der Waals surface area (Å²) in [6.45, 7) is 10.7. The third-order valence-corrected chi connectivity index (χ3v) is 4.43. The van der Waals surface area contributed by atoms with Gasteiger partial charge in [0.2, 0.25) is 0 Å². The average Bonchev–Trinajstić information content (AvgIpc) is 2.44. The molecule has 1 saturated carbocycles. The monoisotopic (exact) mass is 284 g/mol. The Morgan fingerprint density at radius 1 is 1.45 bits per heavy atom. The normalized spacial score (nSPS) is 27.1. The maximum atomic E-state index is 12.3. The zero-order chi connectivity index (χ0) is 15.2. The second kappa shape index (κ2) is 7.99. The molecule has 0 spiro atoms. The van der Waals surface area contributed by atoms with E-state index in [2.05, 4.69) is 37.9 Å². The lowest BCUT2D eigenvalue weighted by Crippen LogP contribution is -2.59. The number of nitrogens with zero attached hydrogens (tertiary/aromatic N) is 1. The Kier molecular flexibility index (Phi) is 6.96. The number of carbonyl (C=O) groups excluding carboxylic acids is 1. The van der Waals surface area contributed by atoms with Gasteiger partial charge in [-0.1, -0.05) is 13.8 Å². The molecule has 4 heteroatoms. The number of ether oxygens (including phenoxy) is 1. The molecule has 1 aliphatic rings. The molecule has 0 bridgehead atoms. The summed E-state index contributed by atoms with van der Waals surface area (Å²) in [5.41, 5.74) is -0.479. The van der Waals surface area contributed by atoms with Crippen LogP contribution in [-0.4, -0.2) is 48.7 Å². The van der Waals surface area contributed by atoms with Crippen LogP contribution in [0.2, 0.25) is 0 Å². The van der Waals surface area contributed by atoms with E-state index in [1.54, 1.807) is 0 Å². The summed E-state index contributed by atoms with van der Waals surface area (Å²) in [6, 6.07) is 0.997. The van der Waals surface area contributed by atoms with Crippen LogP contribution in [0.4, 0.5) is 0 Å². The van der Waals surface area contributed by atoms with Gasteiger partial charge in [0.05, 0.1) is 7.11 Å². The van der Waals surface area contributed by atoms with Gasteiger partial charge >= 0.3 is 5.97 Å². The lowest BCUT2D eigenvalue weighted by Gasteiger charge is -2.44. The Labute approximate surface area is 124 Å². The van der Waals surface area contributed by atoms with Gasteiger partial charge in [0.1, 0.15) is 5.54 Å². The highest BCUT2D eigenvalue weighted by Crippen LogP contribution is 2.33. The molecular formula is C16H32N2O2. The van der Waals surface area contributed by atoms with Gasteiger partial charge in [-0.05, 0) is 59.0 Å². The quantitative estimate of drug-likeness (QED) is 0.730. The second-order valence-corrected chi connectivity index (χ2v) is 6.19. The predicted molar refractivity (Wildman–Crippen MR) is 82.8 cm³/mol. The third kappa shape index (κ3) is 3.95. The number of methoxy groups -OCH3 is 1. The summed E-state index contributed by atoms with van der Waals surface area (Å²) in [6.07, 6.45) is 5.18. The SMILES string of the molecule is CCCN(C(C)C)C1CCCC(NCC)(C(=O)OC)C1. The first-order chi connectivity index (χ1) is 9.50. The first kappa shape index (κ1) is 17.4. The molecule has 0 aromatic rings. The van der Waals surface area contributed by atoms with Gasteiger partial charge in [-0.15, -0.1) is 0 Å². The summed E-state index contributed by atoms with van der Waals surface area (Å²) in [4.78, 5) is 14.8. The molecule has 0 aromatic heterocycles. The van der Waals surface area contributed by atoms with E-state index in [4.69, 9.17) is 4.74 Å². The van der Waals surface area contributed by atoms with Crippen LogP contribution >= 0.6 is 0 Å². The molecule has 118 valence electrons. The van der Waals surface area contributed by atoms with Crippen LogP contribution in [0.15, 0.2) is 0 Å². The van der Waals surface area contributed by atoms with Crippen LogP contribution in [0.5, 0.6) is 0 Å². The molecule has 0 amide bonds. The van der Waals surface area contributed by atoms with Crippen molar-refractivity contribution in [3.8, 4) is 0 Å². The first-order valence-corrected chi connectivity index (χ1v) is 8.10. The minimum absolute atomic E-state index is 0.0933. The summed E-state index contributed by atoms with van der Waals surface area (Å²) in [7, 11) is 1.50. The zero-order valence-corrected chi connectivity index (χ0v) is 13.9. The molecule has 1 N–H and O–H groups in total. The molecule has 0 aromatic carbocycles. The number of esters is 1. The van der Waals surface area contributed by atoms with E-state index in [9.17, 15) is 4.79 Å². The van der Waals surface area contributed by atoms with E-state index in [-0.39, 0.29) is 5.97 Å². The zero-order valence-electron chi connectivity index (χ0n) is 13.9.